The van der Waals surface area contributed by atoms with Crippen molar-refractivity contribution in [1.82, 2.24) is 14.9 Å². The van der Waals surface area contributed by atoms with E-state index < -0.39 is 0 Å². The lowest BCUT2D eigenvalue weighted by Crippen LogP contribution is -2.27. The zero-order chi connectivity index (χ0) is 19.9. The molecular weight excluding hydrogens is 358 g/mol. The molecule has 0 saturated heterocycles. The Kier molecular flexibility index (Phi) is 6.79. The average Bonchev–Trinajstić information content (AvgIpc) is 3.43. The summed E-state index contributed by atoms with van der Waals surface area (Å²) in [5, 5.41) is 2.97. The van der Waals surface area contributed by atoms with Crippen LogP contribution in [0.25, 0.3) is 0 Å². The Morgan fingerprint density at radius 1 is 1.11 bits per heavy atom. The Bertz CT molecular complexity index is 772. The molecule has 1 amide bonds. The number of aromatic nitrogens is 2. The number of rotatable bonds is 11. The van der Waals surface area contributed by atoms with Gasteiger partial charge in [0.1, 0.15) is 5.82 Å². The second-order valence-electron chi connectivity index (χ2n) is 6.61. The van der Waals surface area contributed by atoms with Crippen LogP contribution in [-0.4, -0.2) is 41.8 Å². The smallest absolute Gasteiger partial charge is 0.251 e. The first-order valence-electron chi connectivity index (χ1n) is 10.0. The van der Waals surface area contributed by atoms with Gasteiger partial charge in [-0.1, -0.05) is 0 Å². The summed E-state index contributed by atoms with van der Waals surface area (Å²) in [5.41, 5.74) is 0.489. The van der Waals surface area contributed by atoms with E-state index in [0.717, 1.165) is 5.82 Å². The Hall–Kier alpha value is -2.70. The molecule has 152 valence electrons. The maximum atomic E-state index is 12.7. The SMILES string of the molecule is CCOc1cc(C(=O)NCCn2ccnc2C2CC2)cc(OCC)c1OCC. The van der Waals surface area contributed by atoms with Crippen LogP contribution in [0.1, 0.15) is 55.7 Å². The van der Waals surface area contributed by atoms with Crippen molar-refractivity contribution in [2.24, 2.45) is 0 Å². The summed E-state index contributed by atoms with van der Waals surface area (Å²) in [6.45, 7) is 8.35. The Morgan fingerprint density at radius 3 is 2.32 bits per heavy atom. The van der Waals surface area contributed by atoms with Crippen LogP contribution in [0.3, 0.4) is 0 Å². The first-order valence-corrected chi connectivity index (χ1v) is 10.0. The maximum Gasteiger partial charge on any atom is 0.251 e. The Labute approximate surface area is 166 Å². The summed E-state index contributed by atoms with van der Waals surface area (Å²) < 4.78 is 19.2. The van der Waals surface area contributed by atoms with Crippen molar-refractivity contribution in [3.63, 3.8) is 0 Å². The molecule has 1 aromatic carbocycles. The molecule has 1 aromatic heterocycles. The minimum Gasteiger partial charge on any atom is -0.490 e. The van der Waals surface area contributed by atoms with Crippen molar-refractivity contribution in [1.29, 1.82) is 0 Å². The van der Waals surface area contributed by atoms with Gasteiger partial charge in [0.25, 0.3) is 5.91 Å². The molecule has 1 aliphatic rings. The van der Waals surface area contributed by atoms with Gasteiger partial charge in [-0.05, 0) is 45.7 Å². The van der Waals surface area contributed by atoms with Gasteiger partial charge in [0.2, 0.25) is 5.75 Å². The number of nitrogens with one attached hydrogen (secondary N) is 1. The monoisotopic (exact) mass is 387 g/mol. The minimum absolute atomic E-state index is 0.168. The largest absolute Gasteiger partial charge is 0.490 e. The van der Waals surface area contributed by atoms with Crippen LogP contribution < -0.4 is 19.5 Å². The third-order valence-corrected chi connectivity index (χ3v) is 4.50. The van der Waals surface area contributed by atoms with E-state index in [1.54, 1.807) is 12.1 Å². The Balaban J connectivity index is 1.69. The van der Waals surface area contributed by atoms with Crippen LogP contribution in [0.2, 0.25) is 0 Å². The lowest BCUT2D eigenvalue weighted by Gasteiger charge is -2.17. The third-order valence-electron chi connectivity index (χ3n) is 4.50. The van der Waals surface area contributed by atoms with E-state index in [9.17, 15) is 4.79 Å². The normalized spacial score (nSPS) is 13.2. The highest BCUT2D eigenvalue weighted by Crippen LogP contribution is 2.39. The maximum absolute atomic E-state index is 12.7. The minimum atomic E-state index is -0.168. The lowest BCUT2D eigenvalue weighted by atomic mass is 10.1. The zero-order valence-electron chi connectivity index (χ0n) is 16.9. The van der Waals surface area contributed by atoms with Crippen LogP contribution in [0.4, 0.5) is 0 Å². The molecule has 1 aliphatic carbocycles. The molecule has 1 N–H and O–H groups in total. The fourth-order valence-electron chi connectivity index (χ4n) is 3.12. The average molecular weight is 387 g/mol. The number of nitrogens with zero attached hydrogens (tertiary/aromatic N) is 2. The number of carbonyl (C=O) groups excluding carboxylic acids is 1. The molecule has 1 heterocycles. The van der Waals surface area contributed by atoms with Crippen molar-refractivity contribution >= 4 is 5.91 Å². The molecule has 7 heteroatoms. The molecule has 28 heavy (non-hydrogen) atoms. The van der Waals surface area contributed by atoms with E-state index in [1.165, 1.54) is 12.8 Å². The predicted molar refractivity (Wildman–Crippen MR) is 106 cm³/mol. The standard InChI is InChI=1S/C21H29N3O4/c1-4-26-17-13-16(14-18(27-5-2)19(17)28-6-3)21(25)23-10-12-24-11-9-22-20(24)15-7-8-15/h9,11,13-15H,4-8,10,12H2,1-3H3,(H,23,25). The molecule has 1 fully saturated rings. The molecule has 2 aromatic rings. The number of amides is 1. The highest BCUT2D eigenvalue weighted by molar-refractivity contribution is 5.95. The highest BCUT2D eigenvalue weighted by Gasteiger charge is 2.27. The molecule has 0 bridgehead atoms. The molecule has 0 atom stereocenters. The van der Waals surface area contributed by atoms with Crippen LogP contribution in [0, 0.1) is 0 Å². The van der Waals surface area contributed by atoms with Crippen LogP contribution in [0.5, 0.6) is 17.2 Å². The second-order valence-corrected chi connectivity index (χ2v) is 6.61. The van der Waals surface area contributed by atoms with Gasteiger partial charge in [-0.15, -0.1) is 0 Å². The summed E-state index contributed by atoms with van der Waals surface area (Å²) in [6, 6.07) is 3.42. The Morgan fingerprint density at radius 2 is 1.75 bits per heavy atom. The van der Waals surface area contributed by atoms with Crippen LogP contribution in [0.15, 0.2) is 24.5 Å². The van der Waals surface area contributed by atoms with Gasteiger partial charge in [-0.3, -0.25) is 4.79 Å². The lowest BCUT2D eigenvalue weighted by molar-refractivity contribution is 0.0951. The molecule has 0 aliphatic heterocycles. The summed E-state index contributed by atoms with van der Waals surface area (Å²) in [6.07, 6.45) is 6.20. The zero-order valence-corrected chi connectivity index (χ0v) is 16.9. The number of carbonyl (C=O) groups is 1. The van der Waals surface area contributed by atoms with Crippen molar-refractivity contribution in [3.05, 3.63) is 35.9 Å². The van der Waals surface area contributed by atoms with Gasteiger partial charge in [0.15, 0.2) is 11.5 Å². The number of ether oxygens (including phenoxy) is 3. The van der Waals surface area contributed by atoms with Crippen molar-refractivity contribution < 1.29 is 19.0 Å². The van der Waals surface area contributed by atoms with E-state index in [-0.39, 0.29) is 5.91 Å². The van der Waals surface area contributed by atoms with Crippen molar-refractivity contribution in [2.45, 2.75) is 46.1 Å². The predicted octanol–water partition coefficient (Wildman–Crippen LogP) is 3.39. The summed E-state index contributed by atoms with van der Waals surface area (Å²) in [4.78, 5) is 17.1. The van der Waals surface area contributed by atoms with Gasteiger partial charge in [-0.2, -0.15) is 0 Å². The highest BCUT2D eigenvalue weighted by atomic mass is 16.5. The van der Waals surface area contributed by atoms with E-state index in [0.29, 0.717) is 61.6 Å². The molecule has 1 saturated carbocycles. The fourth-order valence-corrected chi connectivity index (χ4v) is 3.12. The number of benzene rings is 1. The van der Waals surface area contributed by atoms with Gasteiger partial charge >= 0.3 is 0 Å². The second kappa shape index (κ2) is 9.48. The third kappa shape index (κ3) is 4.77. The van der Waals surface area contributed by atoms with E-state index in [1.807, 2.05) is 33.2 Å². The molecule has 0 spiro atoms. The number of imidazole rings is 1. The van der Waals surface area contributed by atoms with Gasteiger partial charge in [-0.25, -0.2) is 4.98 Å². The van der Waals surface area contributed by atoms with Gasteiger partial charge < -0.3 is 24.1 Å². The van der Waals surface area contributed by atoms with E-state index in [2.05, 4.69) is 14.9 Å². The topological polar surface area (TPSA) is 74.6 Å². The van der Waals surface area contributed by atoms with Crippen LogP contribution >= 0.6 is 0 Å². The van der Waals surface area contributed by atoms with E-state index >= 15 is 0 Å². The fraction of sp³-hybridized carbons (Fsp3) is 0.524. The first-order chi connectivity index (χ1) is 13.7. The van der Waals surface area contributed by atoms with Gasteiger partial charge in [0.05, 0.1) is 19.8 Å². The number of hydrogen-bond donors (Lipinski definition) is 1. The van der Waals surface area contributed by atoms with Crippen molar-refractivity contribution in [3.8, 4) is 17.2 Å². The molecule has 7 nitrogen and oxygen atoms in total. The van der Waals surface area contributed by atoms with Gasteiger partial charge in [0, 0.05) is 37.0 Å². The molecule has 0 unspecified atom stereocenters. The van der Waals surface area contributed by atoms with Crippen LogP contribution in [-0.2, 0) is 6.54 Å². The quantitative estimate of drug-likeness (QED) is 0.640. The summed E-state index contributed by atoms with van der Waals surface area (Å²) >= 11 is 0. The van der Waals surface area contributed by atoms with Crippen molar-refractivity contribution in [2.75, 3.05) is 26.4 Å². The molecule has 3 rings (SSSR count). The summed E-state index contributed by atoms with van der Waals surface area (Å²) in [7, 11) is 0. The molecule has 0 radical (unpaired) electrons. The number of hydrogen-bond acceptors (Lipinski definition) is 5. The molecular formula is C21H29N3O4. The summed E-state index contributed by atoms with van der Waals surface area (Å²) in [5.74, 6) is 3.11. The first kappa shape index (κ1) is 20.0. The van der Waals surface area contributed by atoms with E-state index in [4.69, 9.17) is 14.2 Å².